The van der Waals surface area contributed by atoms with Gasteiger partial charge in [0.2, 0.25) is 5.78 Å². The summed E-state index contributed by atoms with van der Waals surface area (Å²) in [6.45, 7) is 7.20. The Labute approximate surface area is 274 Å². The van der Waals surface area contributed by atoms with E-state index in [2.05, 4.69) is 27.6 Å². The van der Waals surface area contributed by atoms with Gasteiger partial charge in [-0.1, -0.05) is 46.9 Å². The second-order valence-electron chi connectivity index (χ2n) is 11.9. The highest BCUT2D eigenvalue weighted by Crippen LogP contribution is 2.35. The number of alkyl halides is 1. The number of esters is 1. The quantitative estimate of drug-likeness (QED) is 0.0550. The predicted molar refractivity (Wildman–Crippen MR) is 184 cm³/mol. The van der Waals surface area contributed by atoms with Crippen LogP contribution in [0, 0.1) is 6.92 Å². The van der Waals surface area contributed by atoms with Crippen LogP contribution in [-0.4, -0.2) is 42.3 Å². The van der Waals surface area contributed by atoms with E-state index < -0.39 is 29.4 Å². The lowest BCUT2D eigenvalue weighted by Gasteiger charge is -2.19. The average Bonchev–Trinajstić information content (AvgIpc) is 3.29. The average molecular weight is 722 g/mol. The van der Waals surface area contributed by atoms with Crippen LogP contribution < -0.4 is 16.0 Å². The lowest BCUT2D eigenvalue weighted by atomic mass is 9.98. The fourth-order valence-electron chi connectivity index (χ4n) is 5.44. The summed E-state index contributed by atoms with van der Waals surface area (Å²) in [6.07, 6.45) is 5.21. The van der Waals surface area contributed by atoms with Gasteiger partial charge in [0.05, 0.1) is 28.7 Å². The number of ether oxygens (including phenoxy) is 2. The number of aromatic nitrogens is 3. The van der Waals surface area contributed by atoms with Crippen LogP contribution in [0.15, 0.2) is 76.4 Å². The number of fused-ring (bicyclic) bond motifs is 2. The molecular formula is C35H36IN3O6. The smallest absolute Gasteiger partial charge is 0.329 e. The van der Waals surface area contributed by atoms with Gasteiger partial charge < -0.3 is 18.9 Å². The van der Waals surface area contributed by atoms with E-state index in [0.717, 1.165) is 49.8 Å². The lowest BCUT2D eigenvalue weighted by molar-refractivity contribution is -0.155. The minimum Gasteiger partial charge on any atom is -0.494 e. The van der Waals surface area contributed by atoms with Gasteiger partial charge in [-0.25, -0.2) is 9.36 Å². The van der Waals surface area contributed by atoms with E-state index in [-0.39, 0.29) is 16.7 Å². The van der Waals surface area contributed by atoms with Crippen LogP contribution in [0.4, 0.5) is 0 Å². The number of aromatic amines is 1. The number of benzene rings is 2. The van der Waals surface area contributed by atoms with Gasteiger partial charge in [-0.3, -0.25) is 14.4 Å². The van der Waals surface area contributed by atoms with Crippen molar-refractivity contribution in [2.24, 2.45) is 0 Å². The van der Waals surface area contributed by atoms with Crippen molar-refractivity contribution < 1.29 is 19.1 Å². The molecule has 0 aliphatic rings. The molecule has 3 heterocycles. The Morgan fingerprint density at radius 2 is 1.71 bits per heavy atom. The lowest BCUT2D eigenvalue weighted by Crippen LogP contribution is -2.39. The van der Waals surface area contributed by atoms with E-state index in [4.69, 9.17) is 9.47 Å². The molecule has 0 aliphatic heterocycles. The van der Waals surface area contributed by atoms with Gasteiger partial charge in [0, 0.05) is 17.3 Å². The molecule has 45 heavy (non-hydrogen) atoms. The Bertz CT molecular complexity index is 2000. The van der Waals surface area contributed by atoms with Crippen LogP contribution in [0.25, 0.3) is 27.5 Å². The van der Waals surface area contributed by atoms with Crippen molar-refractivity contribution in [2.75, 3.05) is 11.0 Å². The molecule has 9 nitrogen and oxygen atoms in total. The molecule has 0 amide bonds. The number of hydrogen-bond donors (Lipinski definition) is 1. The summed E-state index contributed by atoms with van der Waals surface area (Å²) < 4.78 is 15.0. The first-order valence-corrected chi connectivity index (χ1v) is 16.4. The van der Waals surface area contributed by atoms with Crippen LogP contribution in [0.5, 0.6) is 5.75 Å². The predicted octanol–water partition coefficient (Wildman–Crippen LogP) is 6.47. The molecule has 0 saturated carbocycles. The normalized spacial score (nSPS) is 11.7. The Kier molecular flexibility index (Phi) is 9.62. The number of carbonyl (C=O) groups excluding carboxylic acids is 2. The minimum absolute atomic E-state index is 0.180. The van der Waals surface area contributed by atoms with E-state index in [1.54, 1.807) is 26.8 Å². The number of rotatable bonds is 11. The van der Waals surface area contributed by atoms with Crippen molar-refractivity contribution >= 4 is 50.8 Å². The first-order valence-electron chi connectivity index (χ1n) is 14.9. The number of H-pyrrole nitrogens is 1. The maximum atomic E-state index is 14.1. The third kappa shape index (κ3) is 7.06. The number of hydrogen-bond acceptors (Lipinski definition) is 6. The highest BCUT2D eigenvalue weighted by molar-refractivity contribution is 14.1. The molecule has 1 N–H and O–H groups in total. The molecule has 5 rings (SSSR count). The second kappa shape index (κ2) is 13.4. The summed E-state index contributed by atoms with van der Waals surface area (Å²) in [5, 5.41) is 0.180. The topological polar surface area (TPSA) is 112 Å². The van der Waals surface area contributed by atoms with Gasteiger partial charge in [-0.15, -0.1) is 0 Å². The number of nitrogens with one attached hydrogen (secondary N) is 1. The first kappa shape index (κ1) is 32.2. The van der Waals surface area contributed by atoms with Crippen LogP contribution in [0.3, 0.4) is 0 Å². The summed E-state index contributed by atoms with van der Waals surface area (Å²) in [5.41, 5.74) is 2.42. The number of nitrogens with zero attached hydrogens (tertiary/aromatic N) is 2. The van der Waals surface area contributed by atoms with Gasteiger partial charge in [0.25, 0.3) is 5.56 Å². The molecular weight excluding hydrogens is 685 g/mol. The Morgan fingerprint density at radius 1 is 0.956 bits per heavy atom. The van der Waals surface area contributed by atoms with E-state index in [0.29, 0.717) is 17.9 Å². The first-order chi connectivity index (χ1) is 21.5. The zero-order valence-corrected chi connectivity index (χ0v) is 28.0. The number of pyridine rings is 1. The second-order valence-corrected chi connectivity index (χ2v) is 13.0. The molecule has 0 atom stereocenters. The highest BCUT2D eigenvalue weighted by Gasteiger charge is 2.24. The van der Waals surface area contributed by atoms with Crippen molar-refractivity contribution in [3.63, 3.8) is 0 Å². The Balaban J connectivity index is 1.47. The maximum absolute atomic E-state index is 14.1. The van der Waals surface area contributed by atoms with Crippen LogP contribution in [-0.2, 0) is 16.1 Å². The van der Waals surface area contributed by atoms with Crippen molar-refractivity contribution in [1.82, 2.24) is 14.0 Å². The number of ketones is 1. The molecule has 0 saturated heterocycles. The number of carbonyl (C=O) groups is 2. The summed E-state index contributed by atoms with van der Waals surface area (Å²) in [4.78, 5) is 55.0. The summed E-state index contributed by atoms with van der Waals surface area (Å²) in [7, 11) is 0. The maximum Gasteiger partial charge on any atom is 0.329 e. The summed E-state index contributed by atoms with van der Waals surface area (Å²) in [5.74, 6) is -0.148. The molecule has 234 valence electrons. The molecule has 2 aromatic carbocycles. The van der Waals surface area contributed by atoms with Crippen molar-refractivity contribution in [2.45, 2.75) is 59.1 Å². The molecule has 0 aliphatic carbocycles. The standard InChI is InChI=1S/C35H36IN3O6/c1-22-30(23-11-14-25(15-12-23)44-19-9-5-7-17-36)28-10-6-8-18-38(28)31(22)32(41)24-13-16-26-27(20-24)37-34(43)39(33(26)42)21-29(40)45-35(2,3)4/h6,8,10-16,18,20H,5,7,9,17,19,21H2,1-4H3,(H,37,43). The molecule has 3 aromatic heterocycles. The molecule has 10 heteroatoms. The molecule has 5 aromatic rings. The largest absolute Gasteiger partial charge is 0.494 e. The van der Waals surface area contributed by atoms with E-state index in [1.165, 1.54) is 18.6 Å². The minimum atomic E-state index is -0.761. The van der Waals surface area contributed by atoms with Gasteiger partial charge in [-0.2, -0.15) is 0 Å². The third-order valence-corrected chi connectivity index (χ3v) is 8.21. The third-order valence-electron chi connectivity index (χ3n) is 7.44. The summed E-state index contributed by atoms with van der Waals surface area (Å²) in [6, 6.07) is 18.3. The number of unbranched alkanes of at least 4 members (excludes halogenated alkanes) is 2. The van der Waals surface area contributed by atoms with Gasteiger partial charge >= 0.3 is 11.7 Å². The number of halogens is 1. The van der Waals surface area contributed by atoms with Crippen LogP contribution in [0.1, 0.15) is 61.6 Å². The molecule has 0 bridgehead atoms. The highest BCUT2D eigenvalue weighted by atomic mass is 127. The van der Waals surface area contributed by atoms with Crippen molar-refractivity contribution in [1.29, 1.82) is 0 Å². The Hall–Kier alpha value is -4.19. The van der Waals surface area contributed by atoms with Gasteiger partial charge in [0.1, 0.15) is 17.9 Å². The zero-order valence-electron chi connectivity index (χ0n) is 25.8. The van der Waals surface area contributed by atoms with E-state index >= 15 is 0 Å². The van der Waals surface area contributed by atoms with Crippen molar-refractivity contribution in [3.8, 4) is 16.9 Å². The van der Waals surface area contributed by atoms with Crippen molar-refractivity contribution in [3.05, 3.63) is 105 Å². The Morgan fingerprint density at radius 3 is 2.42 bits per heavy atom. The summed E-state index contributed by atoms with van der Waals surface area (Å²) >= 11 is 2.39. The fourth-order valence-corrected chi connectivity index (χ4v) is 5.98. The molecule has 0 fully saturated rings. The van der Waals surface area contributed by atoms with Crippen LogP contribution >= 0.6 is 22.6 Å². The van der Waals surface area contributed by atoms with Gasteiger partial charge in [0.15, 0.2) is 0 Å². The fraction of sp³-hybridized carbons (Fsp3) is 0.314. The molecule has 0 spiro atoms. The molecule has 0 radical (unpaired) electrons. The SMILES string of the molecule is Cc1c(-c2ccc(OCCCCCI)cc2)c2ccccn2c1C(=O)c1ccc2c(=O)n(CC(=O)OC(C)(C)C)c(=O)[nH]c2c1. The zero-order chi connectivity index (χ0) is 32.3. The van der Waals surface area contributed by atoms with E-state index in [9.17, 15) is 19.2 Å². The molecule has 0 unspecified atom stereocenters. The van der Waals surface area contributed by atoms with Gasteiger partial charge in [-0.05, 0) is 98.9 Å². The monoisotopic (exact) mass is 721 g/mol. The van der Waals surface area contributed by atoms with Crippen LogP contribution in [0.2, 0.25) is 0 Å². The van der Waals surface area contributed by atoms with E-state index in [1.807, 2.05) is 60.0 Å².